The van der Waals surface area contributed by atoms with E-state index in [0.717, 1.165) is 12.1 Å². The second kappa shape index (κ2) is 6.34. The van der Waals surface area contributed by atoms with Crippen molar-refractivity contribution in [3.8, 4) is 5.75 Å². The van der Waals surface area contributed by atoms with Crippen LogP contribution in [0.25, 0.3) is 5.52 Å². The van der Waals surface area contributed by atoms with Gasteiger partial charge in [0.05, 0.1) is 6.54 Å². The lowest BCUT2D eigenvalue weighted by Gasteiger charge is -2.10. The second-order valence-corrected chi connectivity index (χ2v) is 4.81. The van der Waals surface area contributed by atoms with Crippen LogP contribution in [0.15, 0.2) is 36.5 Å². The van der Waals surface area contributed by atoms with E-state index >= 15 is 0 Å². The van der Waals surface area contributed by atoms with E-state index in [9.17, 15) is 22.4 Å². The number of alkyl halides is 3. The van der Waals surface area contributed by atoms with Gasteiger partial charge in [-0.2, -0.15) is 5.10 Å². The van der Waals surface area contributed by atoms with Crippen LogP contribution in [-0.4, -0.2) is 32.3 Å². The lowest BCUT2D eigenvalue weighted by Crippen LogP contribution is -2.23. The Kier molecular flexibility index (Phi) is 4.21. The molecule has 11 heteroatoms. The van der Waals surface area contributed by atoms with Crippen molar-refractivity contribution in [1.29, 1.82) is 0 Å². The lowest BCUT2D eigenvalue weighted by atomic mass is 10.2. The van der Waals surface area contributed by atoms with Gasteiger partial charge in [-0.3, -0.25) is 4.79 Å². The number of benzene rings is 1. The Balaban J connectivity index is 1.70. The molecule has 2 heterocycles. The molecule has 1 N–H and O–H groups in total. The fraction of sp³-hybridized carbons (Fsp3) is 0.143. The summed E-state index contributed by atoms with van der Waals surface area (Å²) in [6.07, 6.45) is -3.51. The third kappa shape index (κ3) is 3.82. The van der Waals surface area contributed by atoms with Gasteiger partial charge in [-0.05, 0) is 35.5 Å². The molecule has 3 rings (SSSR count). The van der Waals surface area contributed by atoms with Crippen molar-refractivity contribution in [3.63, 3.8) is 0 Å². The first-order chi connectivity index (χ1) is 11.8. The third-order valence-corrected chi connectivity index (χ3v) is 3.11. The fourth-order valence-electron chi connectivity index (χ4n) is 2.04. The number of nitrogens with one attached hydrogen (secondary N) is 1. The maximum Gasteiger partial charge on any atom is 0.573 e. The van der Waals surface area contributed by atoms with Crippen molar-refractivity contribution in [3.05, 3.63) is 53.6 Å². The molecule has 0 unspecified atom stereocenters. The van der Waals surface area contributed by atoms with Gasteiger partial charge in [-0.25, -0.2) is 4.39 Å². The molecule has 1 aromatic carbocycles. The van der Waals surface area contributed by atoms with Gasteiger partial charge in [-0.15, -0.1) is 22.9 Å². The topological polar surface area (TPSA) is 81.4 Å². The number of carbonyl (C=O) groups excluding carboxylic acids is 1. The summed E-state index contributed by atoms with van der Waals surface area (Å²) in [5, 5.41) is 14.0. The van der Waals surface area contributed by atoms with Crippen LogP contribution >= 0.6 is 0 Å². The van der Waals surface area contributed by atoms with Gasteiger partial charge in [0.2, 0.25) is 0 Å². The molecule has 7 nitrogen and oxygen atoms in total. The molecule has 2 aromatic heterocycles. The minimum Gasteiger partial charge on any atom is -0.403 e. The number of hydrogen-bond donors (Lipinski definition) is 1. The molecule has 25 heavy (non-hydrogen) atoms. The summed E-state index contributed by atoms with van der Waals surface area (Å²) >= 11 is 0. The van der Waals surface area contributed by atoms with Crippen molar-refractivity contribution in [2.24, 2.45) is 0 Å². The monoisotopic (exact) mass is 355 g/mol. The van der Waals surface area contributed by atoms with Crippen molar-refractivity contribution in [2.45, 2.75) is 12.9 Å². The van der Waals surface area contributed by atoms with Crippen molar-refractivity contribution >= 4 is 11.4 Å². The van der Waals surface area contributed by atoms with Gasteiger partial charge >= 0.3 is 6.36 Å². The highest BCUT2D eigenvalue weighted by Gasteiger charge is 2.32. The number of ether oxygens (including phenoxy) is 1. The van der Waals surface area contributed by atoms with Crippen molar-refractivity contribution < 1.29 is 27.1 Å². The number of fused-ring (bicyclic) bond motifs is 1. The summed E-state index contributed by atoms with van der Waals surface area (Å²) in [6, 6.07) is 5.76. The van der Waals surface area contributed by atoms with Crippen molar-refractivity contribution in [2.75, 3.05) is 0 Å². The molecule has 0 radical (unpaired) electrons. The molecule has 1 amide bonds. The molecule has 3 aromatic rings. The van der Waals surface area contributed by atoms with Gasteiger partial charge in [0.1, 0.15) is 11.2 Å². The Labute approximate surface area is 137 Å². The number of aromatic nitrogens is 4. The van der Waals surface area contributed by atoms with Gasteiger partial charge in [0, 0.05) is 11.8 Å². The predicted molar refractivity (Wildman–Crippen MR) is 75.0 cm³/mol. The highest BCUT2D eigenvalue weighted by Crippen LogP contribution is 2.26. The Morgan fingerprint density at radius 2 is 2.08 bits per heavy atom. The lowest BCUT2D eigenvalue weighted by molar-refractivity contribution is -0.275. The Hall–Kier alpha value is -3.24. The van der Waals surface area contributed by atoms with Crippen LogP contribution in [0.3, 0.4) is 0 Å². The second-order valence-electron chi connectivity index (χ2n) is 4.81. The highest BCUT2D eigenvalue weighted by molar-refractivity contribution is 5.94. The van der Waals surface area contributed by atoms with E-state index in [2.05, 4.69) is 25.5 Å². The molecule has 0 saturated carbocycles. The average Bonchev–Trinajstić information content (AvgIpc) is 2.96. The molecule has 0 saturated heterocycles. The summed E-state index contributed by atoms with van der Waals surface area (Å²) in [7, 11) is 0. The zero-order valence-corrected chi connectivity index (χ0v) is 12.3. The molecule has 0 atom stereocenters. The zero-order valence-electron chi connectivity index (χ0n) is 12.3. The molecule has 0 aliphatic carbocycles. The van der Waals surface area contributed by atoms with E-state index in [0.29, 0.717) is 17.3 Å². The van der Waals surface area contributed by atoms with E-state index in [4.69, 9.17) is 0 Å². The predicted octanol–water partition coefficient (Wildman–Crippen LogP) is 2.09. The number of halogens is 4. The molecule has 0 bridgehead atoms. The normalized spacial score (nSPS) is 11.5. The number of nitrogens with zero attached hydrogens (tertiary/aromatic N) is 4. The van der Waals surface area contributed by atoms with E-state index in [1.807, 2.05) is 0 Å². The van der Waals surface area contributed by atoms with E-state index in [-0.39, 0.29) is 12.1 Å². The minimum atomic E-state index is -5.02. The van der Waals surface area contributed by atoms with Gasteiger partial charge in [0.15, 0.2) is 11.6 Å². The summed E-state index contributed by atoms with van der Waals surface area (Å²) in [5.74, 6) is -3.01. The number of amides is 1. The first kappa shape index (κ1) is 16.6. The average molecular weight is 355 g/mol. The van der Waals surface area contributed by atoms with Crippen LogP contribution in [0.2, 0.25) is 0 Å². The smallest absolute Gasteiger partial charge is 0.403 e. The quantitative estimate of drug-likeness (QED) is 0.725. The number of hydrogen-bond acceptors (Lipinski definition) is 5. The van der Waals surface area contributed by atoms with Gasteiger partial charge in [-0.1, -0.05) is 0 Å². The van der Waals surface area contributed by atoms with E-state index in [1.54, 1.807) is 12.1 Å². The van der Waals surface area contributed by atoms with Crippen molar-refractivity contribution in [1.82, 2.24) is 25.4 Å². The molecule has 0 fully saturated rings. The summed E-state index contributed by atoms with van der Waals surface area (Å²) in [6.45, 7) is -0.0174. The minimum absolute atomic E-state index is 0.0174. The zero-order chi connectivity index (χ0) is 18.0. The standard InChI is InChI=1S/C14H9F4N5O2/c15-9-6-8(3-4-12(9)25-14(16,17)18)13(24)19-7-10-11-2-1-5-20-23(11)22-21-10/h1-6H,7H2,(H,19,24). The summed E-state index contributed by atoms with van der Waals surface area (Å²) in [5.41, 5.74) is 0.837. The van der Waals surface area contributed by atoms with Gasteiger partial charge < -0.3 is 10.1 Å². The van der Waals surface area contributed by atoms with Crippen LogP contribution in [0.5, 0.6) is 5.75 Å². The third-order valence-electron chi connectivity index (χ3n) is 3.11. The molecule has 0 aliphatic heterocycles. The summed E-state index contributed by atoms with van der Waals surface area (Å²) < 4.78 is 54.7. The first-order valence-corrected chi connectivity index (χ1v) is 6.82. The van der Waals surface area contributed by atoms with E-state index in [1.165, 1.54) is 10.8 Å². The van der Waals surface area contributed by atoms with Crippen LogP contribution in [0.4, 0.5) is 17.6 Å². The maximum atomic E-state index is 13.6. The Morgan fingerprint density at radius 3 is 2.80 bits per heavy atom. The van der Waals surface area contributed by atoms with Crippen LogP contribution in [0, 0.1) is 5.82 Å². The molecule has 0 spiro atoms. The maximum absolute atomic E-state index is 13.6. The fourth-order valence-corrected chi connectivity index (χ4v) is 2.04. The SMILES string of the molecule is O=C(NCc1nnn2ncccc12)c1ccc(OC(F)(F)F)c(F)c1. The van der Waals surface area contributed by atoms with E-state index < -0.39 is 23.8 Å². The molecular weight excluding hydrogens is 346 g/mol. The van der Waals surface area contributed by atoms with Gasteiger partial charge in [0.25, 0.3) is 5.91 Å². The Bertz CT molecular complexity index is 925. The summed E-state index contributed by atoms with van der Waals surface area (Å²) in [4.78, 5) is 12.0. The first-order valence-electron chi connectivity index (χ1n) is 6.82. The number of carbonyl (C=O) groups is 1. The van der Waals surface area contributed by atoms with Crippen LogP contribution < -0.4 is 10.1 Å². The number of rotatable bonds is 4. The molecule has 0 aliphatic rings. The Morgan fingerprint density at radius 1 is 1.28 bits per heavy atom. The van der Waals surface area contributed by atoms with Crippen LogP contribution in [-0.2, 0) is 6.54 Å². The van der Waals surface area contributed by atoms with Crippen LogP contribution in [0.1, 0.15) is 16.1 Å². The molecule has 130 valence electrons. The molecular formula is C14H9F4N5O2. The highest BCUT2D eigenvalue weighted by atomic mass is 19.4. The largest absolute Gasteiger partial charge is 0.573 e.